The van der Waals surface area contributed by atoms with Crippen molar-refractivity contribution in [3.8, 4) is 0 Å². The molecule has 1 amide bonds. The number of nitrogens with zero attached hydrogens (tertiary/aromatic N) is 5. The van der Waals surface area contributed by atoms with Gasteiger partial charge in [0.25, 0.3) is 5.91 Å². The molecule has 2 aromatic rings. The molecule has 4 atom stereocenters. The molecule has 33 heavy (non-hydrogen) atoms. The van der Waals surface area contributed by atoms with Gasteiger partial charge in [0.15, 0.2) is 0 Å². The van der Waals surface area contributed by atoms with E-state index in [0.29, 0.717) is 18.9 Å². The fourth-order valence-electron chi connectivity index (χ4n) is 5.27. The minimum absolute atomic E-state index is 0.0129. The third-order valence-corrected chi connectivity index (χ3v) is 6.98. The van der Waals surface area contributed by atoms with Gasteiger partial charge >= 0.3 is 0 Å². The molecular formula is C24H38N6O3. The summed E-state index contributed by atoms with van der Waals surface area (Å²) in [4.78, 5) is 12.7. The van der Waals surface area contributed by atoms with Crippen LogP contribution in [-0.4, -0.2) is 62.1 Å². The van der Waals surface area contributed by atoms with E-state index in [1.165, 1.54) is 32.1 Å². The van der Waals surface area contributed by atoms with Crippen LogP contribution in [0.15, 0.2) is 12.3 Å². The predicted octanol–water partition coefficient (Wildman–Crippen LogP) is 3.09. The molecule has 0 bridgehead atoms. The zero-order chi connectivity index (χ0) is 23.4. The van der Waals surface area contributed by atoms with Crippen molar-refractivity contribution in [3.63, 3.8) is 0 Å². The molecule has 2 aromatic heterocycles. The van der Waals surface area contributed by atoms with Crippen LogP contribution in [0.4, 0.5) is 0 Å². The highest BCUT2D eigenvalue weighted by molar-refractivity contribution is 5.92. The number of aromatic nitrogens is 5. The maximum absolute atomic E-state index is 12.7. The van der Waals surface area contributed by atoms with Crippen LogP contribution in [0.2, 0.25) is 0 Å². The van der Waals surface area contributed by atoms with Crippen molar-refractivity contribution in [1.82, 2.24) is 30.1 Å². The summed E-state index contributed by atoms with van der Waals surface area (Å²) in [5, 5.41) is 16.2. The molecule has 1 saturated carbocycles. The lowest BCUT2D eigenvalue weighted by Crippen LogP contribution is -2.44. The van der Waals surface area contributed by atoms with Gasteiger partial charge in [-0.3, -0.25) is 9.48 Å². The third kappa shape index (κ3) is 5.14. The van der Waals surface area contributed by atoms with Crippen molar-refractivity contribution in [2.45, 2.75) is 97.1 Å². The van der Waals surface area contributed by atoms with Gasteiger partial charge in [-0.05, 0) is 32.3 Å². The number of ether oxygens (including phenoxy) is 2. The average Bonchev–Trinajstić information content (AvgIpc) is 3.61. The van der Waals surface area contributed by atoms with Crippen LogP contribution in [0.25, 0.3) is 0 Å². The van der Waals surface area contributed by atoms with Gasteiger partial charge in [0.2, 0.25) is 0 Å². The molecule has 1 N–H and O–H groups in total. The lowest BCUT2D eigenvalue weighted by molar-refractivity contribution is 0.0613. The molecule has 9 nitrogen and oxygen atoms in total. The monoisotopic (exact) mass is 458 g/mol. The average molecular weight is 459 g/mol. The van der Waals surface area contributed by atoms with Gasteiger partial charge in [0.05, 0.1) is 24.9 Å². The van der Waals surface area contributed by atoms with Crippen molar-refractivity contribution < 1.29 is 14.3 Å². The van der Waals surface area contributed by atoms with Crippen LogP contribution in [0.1, 0.15) is 80.8 Å². The van der Waals surface area contributed by atoms with Crippen LogP contribution >= 0.6 is 0 Å². The summed E-state index contributed by atoms with van der Waals surface area (Å²) >= 11 is 0. The lowest BCUT2D eigenvalue weighted by atomic mass is 9.86. The van der Waals surface area contributed by atoms with Gasteiger partial charge in [-0.15, -0.1) is 5.10 Å². The van der Waals surface area contributed by atoms with Crippen molar-refractivity contribution in [2.75, 3.05) is 13.2 Å². The van der Waals surface area contributed by atoms with Crippen molar-refractivity contribution in [1.29, 1.82) is 0 Å². The van der Waals surface area contributed by atoms with Crippen LogP contribution in [0, 0.1) is 12.8 Å². The number of hydrogen-bond donors (Lipinski definition) is 1. The molecule has 4 heterocycles. The zero-order valence-corrected chi connectivity index (χ0v) is 20.4. The highest BCUT2D eigenvalue weighted by Gasteiger charge is 2.49. The van der Waals surface area contributed by atoms with Crippen molar-refractivity contribution in [2.24, 2.45) is 5.92 Å². The Kier molecular flexibility index (Phi) is 7.80. The first-order chi connectivity index (χ1) is 16.1. The summed E-state index contributed by atoms with van der Waals surface area (Å²) in [5.74, 6) is 0.542. The molecule has 9 heteroatoms. The number of carbonyl (C=O) groups is 1. The van der Waals surface area contributed by atoms with Gasteiger partial charge in [-0.25, -0.2) is 4.68 Å². The fraction of sp³-hybridized carbons (Fsp3) is 0.750. The van der Waals surface area contributed by atoms with Crippen molar-refractivity contribution >= 4 is 5.91 Å². The Hall–Kier alpha value is -2.26. The molecule has 1 aliphatic carbocycles. The fourth-order valence-corrected chi connectivity index (χ4v) is 5.27. The highest BCUT2D eigenvalue weighted by Crippen LogP contribution is 2.34. The van der Waals surface area contributed by atoms with E-state index < -0.39 is 0 Å². The molecule has 0 aromatic carbocycles. The number of aryl methyl sites for hydroxylation is 2. The number of fused-ring (bicyclic) bond motifs is 1. The maximum Gasteiger partial charge on any atom is 0.272 e. The number of rotatable bonds is 6. The molecule has 4 unspecified atom stereocenters. The Bertz CT molecular complexity index is 919. The quantitative estimate of drug-likeness (QED) is 0.715. The topological polar surface area (TPSA) is 96.1 Å². The van der Waals surface area contributed by atoms with Crippen LogP contribution < -0.4 is 5.32 Å². The molecule has 2 aliphatic heterocycles. The van der Waals surface area contributed by atoms with Gasteiger partial charge in [-0.2, -0.15) is 5.10 Å². The normalized spacial score (nSPS) is 27.2. The van der Waals surface area contributed by atoms with Gasteiger partial charge in [0, 0.05) is 18.4 Å². The van der Waals surface area contributed by atoms with E-state index in [4.69, 9.17) is 9.47 Å². The van der Waals surface area contributed by atoms with E-state index in [0.717, 1.165) is 30.3 Å². The van der Waals surface area contributed by atoms with Crippen LogP contribution in [-0.2, 0) is 22.4 Å². The van der Waals surface area contributed by atoms with E-state index in [2.05, 4.69) is 26.9 Å². The largest absolute Gasteiger partial charge is 0.371 e. The molecule has 2 saturated heterocycles. The lowest BCUT2D eigenvalue weighted by Gasteiger charge is -2.20. The number of amides is 1. The van der Waals surface area contributed by atoms with E-state index in [1.807, 2.05) is 43.1 Å². The van der Waals surface area contributed by atoms with Crippen LogP contribution in [0.5, 0.6) is 0 Å². The Morgan fingerprint density at radius 2 is 1.91 bits per heavy atom. The Balaban J connectivity index is 0.00000126. The third-order valence-electron chi connectivity index (χ3n) is 6.98. The van der Waals surface area contributed by atoms with E-state index >= 15 is 0 Å². The highest BCUT2D eigenvalue weighted by atomic mass is 16.6. The molecule has 182 valence electrons. The van der Waals surface area contributed by atoms with E-state index in [9.17, 15) is 4.79 Å². The number of carbonyl (C=O) groups excluding carboxylic acids is 1. The molecule has 0 radical (unpaired) electrons. The summed E-state index contributed by atoms with van der Waals surface area (Å²) in [6, 6.07) is 1.61. The molecule has 3 aliphatic rings. The summed E-state index contributed by atoms with van der Waals surface area (Å²) < 4.78 is 15.8. The second kappa shape index (κ2) is 10.8. The first kappa shape index (κ1) is 23.9. The summed E-state index contributed by atoms with van der Waals surface area (Å²) in [7, 11) is 0. The number of nitrogens with one attached hydrogen (secondary N) is 1. The SMILES string of the molecule is CC.CCn1nc(C(=O)NC2COC3C2OCC3n2cc(CC3CCCCC3)nn2)cc1C. The van der Waals surface area contributed by atoms with Gasteiger partial charge in [0.1, 0.15) is 23.9 Å². The van der Waals surface area contributed by atoms with E-state index in [1.54, 1.807) is 0 Å². The maximum atomic E-state index is 12.7. The van der Waals surface area contributed by atoms with Gasteiger partial charge in [-0.1, -0.05) is 51.2 Å². The predicted molar refractivity (Wildman–Crippen MR) is 124 cm³/mol. The zero-order valence-electron chi connectivity index (χ0n) is 20.4. The molecule has 5 rings (SSSR count). The number of hydrogen-bond acceptors (Lipinski definition) is 6. The van der Waals surface area contributed by atoms with Crippen molar-refractivity contribution in [3.05, 3.63) is 29.3 Å². The minimum Gasteiger partial charge on any atom is -0.371 e. The van der Waals surface area contributed by atoms with Crippen LogP contribution in [0.3, 0.4) is 0 Å². The second-order valence-electron chi connectivity index (χ2n) is 9.13. The first-order valence-corrected chi connectivity index (χ1v) is 12.6. The second-order valence-corrected chi connectivity index (χ2v) is 9.13. The molecular weight excluding hydrogens is 420 g/mol. The standard InChI is InChI=1S/C22H32N6O3.C2H6/c1-3-27-14(2)9-17(25-27)22(29)23-18-12-30-21-19(13-31-20(18)21)28-11-16(24-26-28)10-15-7-5-4-6-8-15;1-2/h9,11,15,18-21H,3-8,10,12-13H2,1-2H3,(H,23,29);1-2H3. The molecule has 3 fully saturated rings. The van der Waals surface area contributed by atoms with E-state index in [-0.39, 0.29) is 30.2 Å². The minimum atomic E-state index is -0.195. The first-order valence-electron chi connectivity index (χ1n) is 12.6. The summed E-state index contributed by atoms with van der Waals surface area (Å²) in [5.41, 5.74) is 2.46. The Morgan fingerprint density at radius 1 is 1.15 bits per heavy atom. The molecule has 0 spiro atoms. The Labute approximate surface area is 196 Å². The summed E-state index contributed by atoms with van der Waals surface area (Å²) in [6.07, 6.45) is 9.36. The Morgan fingerprint density at radius 3 is 2.64 bits per heavy atom. The smallest absolute Gasteiger partial charge is 0.272 e. The summed E-state index contributed by atoms with van der Waals surface area (Å²) in [6.45, 7) is 9.63. The van der Waals surface area contributed by atoms with Gasteiger partial charge < -0.3 is 14.8 Å².